The fourth-order valence-electron chi connectivity index (χ4n) is 3.38. The van der Waals surface area contributed by atoms with Crippen molar-refractivity contribution in [1.29, 1.82) is 0 Å². The Morgan fingerprint density at radius 3 is 2.92 bits per heavy atom. The van der Waals surface area contributed by atoms with Gasteiger partial charge in [-0.1, -0.05) is 5.16 Å². The summed E-state index contributed by atoms with van der Waals surface area (Å²) in [4.78, 5) is 20.5. The van der Waals surface area contributed by atoms with E-state index in [1.54, 1.807) is 12.4 Å². The normalized spacial score (nSPS) is 24.9. The van der Waals surface area contributed by atoms with Crippen LogP contribution in [0.4, 0.5) is 0 Å². The molecule has 2 saturated heterocycles. The van der Waals surface area contributed by atoms with Crippen molar-refractivity contribution in [3.8, 4) is 11.3 Å². The summed E-state index contributed by atoms with van der Waals surface area (Å²) in [6.45, 7) is 3.20. The van der Waals surface area contributed by atoms with Crippen LogP contribution in [0.25, 0.3) is 11.3 Å². The van der Waals surface area contributed by atoms with Crippen molar-refractivity contribution in [1.82, 2.24) is 19.9 Å². The first kappa shape index (κ1) is 15.3. The molecule has 0 radical (unpaired) electrons. The zero-order chi connectivity index (χ0) is 16.5. The number of carbonyl (C=O) groups excluding carboxylic acids is 1. The Bertz CT molecular complexity index is 718. The van der Waals surface area contributed by atoms with Gasteiger partial charge >= 0.3 is 0 Å². The van der Waals surface area contributed by atoms with Gasteiger partial charge in [0.2, 0.25) is 5.91 Å². The second-order valence-electron chi connectivity index (χ2n) is 6.45. The van der Waals surface area contributed by atoms with E-state index in [1.165, 1.54) is 0 Å². The average molecular weight is 328 g/mol. The molecule has 0 aliphatic carbocycles. The molecule has 2 aromatic rings. The number of ether oxygens (including phenoxy) is 1. The molecule has 4 heterocycles. The Hall–Kier alpha value is -2.25. The van der Waals surface area contributed by atoms with Crippen LogP contribution in [0, 0.1) is 5.92 Å². The van der Waals surface area contributed by atoms with E-state index in [1.807, 2.05) is 30.1 Å². The highest BCUT2D eigenvalue weighted by Crippen LogP contribution is 2.23. The molecule has 0 unspecified atom stereocenters. The van der Waals surface area contributed by atoms with Gasteiger partial charge in [0, 0.05) is 44.2 Å². The molecule has 7 heteroatoms. The first-order valence-corrected chi connectivity index (χ1v) is 8.13. The number of fused-ring (bicyclic) bond motifs is 3. The van der Waals surface area contributed by atoms with Crippen LogP contribution in [0.3, 0.4) is 0 Å². The van der Waals surface area contributed by atoms with E-state index in [0.717, 1.165) is 23.6 Å². The highest BCUT2D eigenvalue weighted by atomic mass is 16.5. The summed E-state index contributed by atoms with van der Waals surface area (Å²) < 4.78 is 11.1. The van der Waals surface area contributed by atoms with E-state index < -0.39 is 0 Å². The third-order valence-electron chi connectivity index (χ3n) is 4.74. The molecule has 24 heavy (non-hydrogen) atoms. The van der Waals surface area contributed by atoms with Crippen molar-refractivity contribution in [3.63, 3.8) is 0 Å². The predicted molar refractivity (Wildman–Crippen MR) is 85.9 cm³/mol. The van der Waals surface area contributed by atoms with Crippen molar-refractivity contribution in [2.75, 3.05) is 33.4 Å². The number of aromatic nitrogens is 2. The highest BCUT2D eigenvalue weighted by Gasteiger charge is 2.37. The fourth-order valence-corrected chi connectivity index (χ4v) is 3.38. The number of hydrogen-bond acceptors (Lipinski definition) is 6. The fraction of sp³-hybridized carbons (Fsp3) is 0.471. The Balaban J connectivity index is 1.50. The van der Waals surface area contributed by atoms with Crippen molar-refractivity contribution >= 4 is 5.91 Å². The van der Waals surface area contributed by atoms with Gasteiger partial charge < -0.3 is 14.2 Å². The van der Waals surface area contributed by atoms with Crippen molar-refractivity contribution in [2.24, 2.45) is 5.92 Å². The molecule has 2 atom stereocenters. The molecular formula is C17H20N4O3. The standard InChI is InChI=1S/C17H20N4O3/c1-20-14-8-21(7-13(17(20)22)10-23-11-14)9-15-6-16(19-24-15)12-2-4-18-5-3-12/h2-6,13-14H,7-11H2,1H3/t13-,14+/m1/s1. The van der Waals surface area contributed by atoms with Crippen LogP contribution in [0.5, 0.6) is 0 Å². The molecular weight excluding hydrogens is 308 g/mol. The van der Waals surface area contributed by atoms with Gasteiger partial charge in [-0.05, 0) is 12.1 Å². The maximum atomic E-state index is 12.4. The number of likely N-dealkylation sites (N-methyl/N-ethyl adjacent to an activating group) is 1. The molecule has 2 aliphatic rings. The summed E-state index contributed by atoms with van der Waals surface area (Å²) >= 11 is 0. The van der Waals surface area contributed by atoms with Crippen molar-refractivity contribution < 1.29 is 14.1 Å². The van der Waals surface area contributed by atoms with Crippen LogP contribution in [-0.4, -0.2) is 65.2 Å². The molecule has 0 saturated carbocycles. The van der Waals surface area contributed by atoms with Gasteiger partial charge in [-0.2, -0.15) is 0 Å². The van der Waals surface area contributed by atoms with E-state index >= 15 is 0 Å². The van der Waals surface area contributed by atoms with Crippen LogP contribution in [0.15, 0.2) is 35.1 Å². The summed E-state index contributed by atoms with van der Waals surface area (Å²) in [6, 6.07) is 5.86. The zero-order valence-corrected chi connectivity index (χ0v) is 13.6. The van der Waals surface area contributed by atoms with Crippen LogP contribution in [-0.2, 0) is 16.1 Å². The van der Waals surface area contributed by atoms with E-state index in [-0.39, 0.29) is 17.9 Å². The van der Waals surface area contributed by atoms with Gasteiger partial charge in [0.1, 0.15) is 5.69 Å². The van der Waals surface area contributed by atoms with Gasteiger partial charge in [-0.15, -0.1) is 0 Å². The zero-order valence-electron chi connectivity index (χ0n) is 13.6. The van der Waals surface area contributed by atoms with Crippen molar-refractivity contribution in [3.05, 3.63) is 36.4 Å². The Morgan fingerprint density at radius 2 is 2.08 bits per heavy atom. The van der Waals surface area contributed by atoms with Gasteiger partial charge in [-0.25, -0.2) is 0 Å². The molecule has 1 amide bonds. The monoisotopic (exact) mass is 328 g/mol. The lowest BCUT2D eigenvalue weighted by atomic mass is 10.1. The molecule has 2 fully saturated rings. The topological polar surface area (TPSA) is 71.7 Å². The van der Waals surface area contributed by atoms with Gasteiger partial charge in [-0.3, -0.25) is 14.7 Å². The Morgan fingerprint density at radius 1 is 1.25 bits per heavy atom. The minimum absolute atomic E-state index is 0.0904. The maximum absolute atomic E-state index is 12.4. The predicted octanol–water partition coefficient (Wildman–Crippen LogP) is 1.03. The average Bonchev–Trinajstić information content (AvgIpc) is 2.96. The SMILES string of the molecule is CN1C(=O)[C@H]2COC[C@@H]1CN(Cc1cc(-c3ccncc3)no1)C2. The lowest BCUT2D eigenvalue weighted by Gasteiger charge is -2.28. The summed E-state index contributed by atoms with van der Waals surface area (Å²) in [7, 11) is 1.87. The van der Waals surface area contributed by atoms with Crippen LogP contribution in [0.1, 0.15) is 5.76 Å². The van der Waals surface area contributed by atoms with Crippen LogP contribution >= 0.6 is 0 Å². The second kappa shape index (κ2) is 6.33. The Labute approximate surface area is 140 Å². The first-order valence-electron chi connectivity index (χ1n) is 8.13. The second-order valence-corrected chi connectivity index (χ2v) is 6.45. The van der Waals surface area contributed by atoms with Crippen LogP contribution in [0.2, 0.25) is 0 Å². The third kappa shape index (κ3) is 2.92. The van der Waals surface area contributed by atoms with E-state index in [4.69, 9.17) is 9.26 Å². The lowest BCUT2D eigenvalue weighted by molar-refractivity contribution is -0.134. The van der Waals surface area contributed by atoms with E-state index in [0.29, 0.717) is 26.3 Å². The first-order chi connectivity index (χ1) is 11.7. The van der Waals surface area contributed by atoms with Gasteiger partial charge in [0.15, 0.2) is 5.76 Å². The summed E-state index contributed by atoms with van der Waals surface area (Å²) in [6.07, 6.45) is 3.47. The number of nitrogens with zero attached hydrogens (tertiary/aromatic N) is 4. The molecule has 4 rings (SSSR count). The smallest absolute Gasteiger partial charge is 0.229 e. The lowest BCUT2D eigenvalue weighted by Crippen LogP contribution is -2.42. The van der Waals surface area contributed by atoms with Crippen LogP contribution < -0.4 is 0 Å². The van der Waals surface area contributed by atoms with Gasteiger partial charge in [0.05, 0.1) is 31.7 Å². The third-order valence-corrected chi connectivity index (χ3v) is 4.74. The molecule has 0 spiro atoms. The summed E-state index contributed by atoms with van der Waals surface area (Å²) in [5.74, 6) is 0.873. The van der Waals surface area contributed by atoms with Gasteiger partial charge in [0.25, 0.3) is 0 Å². The van der Waals surface area contributed by atoms with E-state index in [2.05, 4.69) is 15.0 Å². The largest absolute Gasteiger partial charge is 0.378 e. The van der Waals surface area contributed by atoms with E-state index in [9.17, 15) is 4.79 Å². The number of hydrogen-bond donors (Lipinski definition) is 0. The summed E-state index contributed by atoms with van der Waals surface area (Å²) in [5.41, 5.74) is 1.79. The Kier molecular flexibility index (Phi) is 4.03. The molecule has 2 bridgehead atoms. The number of pyridine rings is 1. The van der Waals surface area contributed by atoms with Crippen molar-refractivity contribution in [2.45, 2.75) is 12.6 Å². The maximum Gasteiger partial charge on any atom is 0.229 e. The number of amides is 1. The highest BCUT2D eigenvalue weighted by molar-refractivity contribution is 5.79. The number of carbonyl (C=O) groups is 1. The summed E-state index contributed by atoms with van der Waals surface area (Å²) in [5, 5.41) is 4.15. The molecule has 2 aromatic heterocycles. The molecule has 0 aromatic carbocycles. The molecule has 2 aliphatic heterocycles. The quantitative estimate of drug-likeness (QED) is 0.838. The number of rotatable bonds is 3. The minimum atomic E-state index is -0.106. The minimum Gasteiger partial charge on any atom is -0.378 e. The molecule has 0 N–H and O–H groups in total. The molecule has 126 valence electrons. The molecule has 7 nitrogen and oxygen atoms in total.